The first kappa shape index (κ1) is 22.0. The maximum atomic E-state index is 13.3. The molecular weight excluding hydrogens is 426 g/mol. The Morgan fingerprint density at radius 1 is 1.09 bits per heavy atom. The van der Waals surface area contributed by atoms with E-state index in [0.29, 0.717) is 17.5 Å². The van der Waals surface area contributed by atoms with E-state index in [4.69, 9.17) is 9.47 Å². The summed E-state index contributed by atoms with van der Waals surface area (Å²) in [7, 11) is 1.61. The first-order valence-electron chi connectivity index (χ1n) is 10.7. The van der Waals surface area contributed by atoms with Gasteiger partial charge < -0.3 is 20.2 Å². The molecule has 0 unspecified atom stereocenters. The second kappa shape index (κ2) is 9.95. The molecule has 0 saturated heterocycles. The van der Waals surface area contributed by atoms with Crippen LogP contribution in [0.2, 0.25) is 0 Å². The third kappa shape index (κ3) is 4.67. The van der Waals surface area contributed by atoms with E-state index in [1.165, 1.54) is 11.8 Å². The van der Waals surface area contributed by atoms with Gasteiger partial charge in [-0.05, 0) is 55.3 Å². The van der Waals surface area contributed by atoms with E-state index in [2.05, 4.69) is 27.9 Å². The molecule has 0 bridgehead atoms. The van der Waals surface area contributed by atoms with Gasteiger partial charge in [0.1, 0.15) is 16.7 Å². The molecule has 0 saturated carbocycles. The van der Waals surface area contributed by atoms with Crippen LogP contribution < -0.4 is 20.2 Å². The van der Waals surface area contributed by atoms with E-state index in [0.717, 1.165) is 35.7 Å². The number of carbonyl (C=O) groups excluding carboxylic acids is 1. The molecular formula is C23H27N5O3S. The Morgan fingerprint density at radius 2 is 1.81 bits per heavy atom. The van der Waals surface area contributed by atoms with Crippen molar-refractivity contribution in [2.45, 2.75) is 43.1 Å². The van der Waals surface area contributed by atoms with Gasteiger partial charge in [-0.25, -0.2) is 4.68 Å². The fourth-order valence-electron chi connectivity index (χ4n) is 3.56. The van der Waals surface area contributed by atoms with Crippen molar-refractivity contribution < 1.29 is 14.3 Å². The first-order chi connectivity index (χ1) is 15.6. The Balaban J connectivity index is 1.62. The molecule has 8 nitrogen and oxygen atoms in total. The van der Waals surface area contributed by atoms with E-state index in [1.54, 1.807) is 7.11 Å². The summed E-state index contributed by atoms with van der Waals surface area (Å²) in [6, 6.07) is 14.9. The summed E-state index contributed by atoms with van der Waals surface area (Å²) < 4.78 is 12.7. The quantitative estimate of drug-likeness (QED) is 0.532. The Kier molecular flexibility index (Phi) is 6.84. The molecule has 1 aliphatic heterocycles. The second-order valence-corrected chi connectivity index (χ2v) is 8.46. The Bertz CT molecular complexity index is 1050. The molecule has 32 heavy (non-hydrogen) atoms. The third-order valence-corrected chi connectivity index (χ3v) is 6.36. The van der Waals surface area contributed by atoms with E-state index in [9.17, 15) is 4.79 Å². The lowest BCUT2D eigenvalue weighted by molar-refractivity contribution is -0.116. The fourth-order valence-corrected chi connectivity index (χ4v) is 4.66. The highest BCUT2D eigenvalue weighted by molar-refractivity contribution is 8.00. The predicted octanol–water partition coefficient (Wildman–Crippen LogP) is 4.04. The third-order valence-electron chi connectivity index (χ3n) is 5.14. The molecule has 1 amide bonds. The number of ether oxygens (including phenoxy) is 2. The molecule has 1 aliphatic rings. The molecule has 0 spiro atoms. The lowest BCUT2D eigenvalue weighted by atomic mass is 10.0. The van der Waals surface area contributed by atoms with Gasteiger partial charge in [0.25, 0.3) is 0 Å². The molecule has 9 heteroatoms. The number of carbonyl (C=O) groups is 1. The van der Waals surface area contributed by atoms with Gasteiger partial charge in [-0.1, -0.05) is 30.8 Å². The zero-order chi connectivity index (χ0) is 22.5. The SMILES string of the molecule is CCCc1nnc2n1N[C@@H](c1ccc(OCC)cc1)[C@@H](C(=O)Nc1ccc(OC)cc1)S2. The number of nitrogens with one attached hydrogen (secondary N) is 2. The minimum Gasteiger partial charge on any atom is -0.497 e. The number of hydrogen-bond acceptors (Lipinski definition) is 7. The van der Waals surface area contributed by atoms with Gasteiger partial charge in [0, 0.05) is 12.1 Å². The van der Waals surface area contributed by atoms with Crippen molar-refractivity contribution in [2.24, 2.45) is 0 Å². The summed E-state index contributed by atoms with van der Waals surface area (Å²) in [6.45, 7) is 4.66. The summed E-state index contributed by atoms with van der Waals surface area (Å²) in [4.78, 5) is 13.3. The lowest BCUT2D eigenvalue weighted by Gasteiger charge is -2.33. The molecule has 0 radical (unpaired) electrons. The molecule has 4 rings (SSSR count). The van der Waals surface area contributed by atoms with Gasteiger partial charge in [-0.15, -0.1) is 10.2 Å². The molecule has 2 heterocycles. The number of methoxy groups -OCH3 is 1. The number of nitrogens with zero attached hydrogens (tertiary/aromatic N) is 3. The summed E-state index contributed by atoms with van der Waals surface area (Å²) in [6.07, 6.45) is 1.76. The second-order valence-electron chi connectivity index (χ2n) is 7.35. The van der Waals surface area contributed by atoms with Crippen LogP contribution in [0.25, 0.3) is 0 Å². The number of aromatic nitrogens is 3. The average molecular weight is 454 g/mol. The van der Waals surface area contributed by atoms with Gasteiger partial charge in [-0.3, -0.25) is 4.79 Å². The van der Waals surface area contributed by atoms with E-state index < -0.39 is 5.25 Å². The summed E-state index contributed by atoms with van der Waals surface area (Å²) in [5.41, 5.74) is 5.18. The normalized spacial score (nSPS) is 17.2. The molecule has 3 aromatic rings. The minimum atomic E-state index is -0.443. The molecule has 2 atom stereocenters. The minimum absolute atomic E-state index is 0.113. The maximum absolute atomic E-state index is 13.3. The van der Waals surface area contributed by atoms with Gasteiger partial charge in [0.2, 0.25) is 11.1 Å². The van der Waals surface area contributed by atoms with E-state index >= 15 is 0 Å². The number of rotatable bonds is 8. The number of aryl methyl sites for hydroxylation is 1. The number of benzene rings is 2. The van der Waals surface area contributed by atoms with Crippen molar-refractivity contribution in [2.75, 3.05) is 24.5 Å². The standard InChI is InChI=1S/C23H27N5O3S/c1-4-6-19-25-26-23-28(19)27-20(15-7-11-18(12-8-15)31-5-2)21(32-23)22(29)24-16-9-13-17(30-3)14-10-16/h7-14,20-21,27H,4-6H2,1-3H3,(H,24,29)/t20-,21-/m0/s1. The van der Waals surface area contributed by atoms with Crippen LogP contribution >= 0.6 is 11.8 Å². The van der Waals surface area contributed by atoms with Crippen molar-refractivity contribution in [1.29, 1.82) is 0 Å². The monoisotopic (exact) mass is 453 g/mol. The largest absolute Gasteiger partial charge is 0.497 e. The van der Waals surface area contributed by atoms with Crippen molar-refractivity contribution in [1.82, 2.24) is 14.9 Å². The van der Waals surface area contributed by atoms with Crippen LogP contribution in [0.5, 0.6) is 11.5 Å². The van der Waals surface area contributed by atoms with Crippen LogP contribution in [0, 0.1) is 0 Å². The number of hydrogen-bond donors (Lipinski definition) is 2. The highest BCUT2D eigenvalue weighted by Gasteiger charge is 2.37. The van der Waals surface area contributed by atoms with Crippen molar-refractivity contribution in [3.8, 4) is 11.5 Å². The van der Waals surface area contributed by atoms with Gasteiger partial charge in [0.15, 0.2) is 5.82 Å². The molecule has 1 aromatic heterocycles. The van der Waals surface area contributed by atoms with Crippen LogP contribution in [0.1, 0.15) is 37.7 Å². The molecule has 0 fully saturated rings. The molecule has 2 N–H and O–H groups in total. The zero-order valence-corrected chi connectivity index (χ0v) is 19.2. The first-order valence-corrected chi connectivity index (χ1v) is 11.6. The highest BCUT2D eigenvalue weighted by Crippen LogP contribution is 2.38. The van der Waals surface area contributed by atoms with Gasteiger partial charge in [0.05, 0.1) is 19.8 Å². The number of anilines is 1. The molecule has 168 valence electrons. The van der Waals surface area contributed by atoms with E-state index in [-0.39, 0.29) is 11.9 Å². The molecule has 2 aromatic carbocycles. The van der Waals surface area contributed by atoms with Crippen molar-refractivity contribution in [3.05, 3.63) is 59.9 Å². The van der Waals surface area contributed by atoms with Crippen LogP contribution in [0.3, 0.4) is 0 Å². The Morgan fingerprint density at radius 3 is 2.47 bits per heavy atom. The van der Waals surface area contributed by atoms with Gasteiger partial charge in [-0.2, -0.15) is 0 Å². The topological polar surface area (TPSA) is 90.3 Å². The van der Waals surface area contributed by atoms with Gasteiger partial charge >= 0.3 is 0 Å². The zero-order valence-electron chi connectivity index (χ0n) is 18.4. The maximum Gasteiger partial charge on any atom is 0.240 e. The van der Waals surface area contributed by atoms with E-state index in [1.807, 2.05) is 60.1 Å². The summed E-state index contributed by atoms with van der Waals surface area (Å²) >= 11 is 1.41. The summed E-state index contributed by atoms with van der Waals surface area (Å²) in [5, 5.41) is 11.9. The lowest BCUT2D eigenvalue weighted by Crippen LogP contribution is -2.41. The van der Waals surface area contributed by atoms with Crippen molar-refractivity contribution in [3.63, 3.8) is 0 Å². The highest BCUT2D eigenvalue weighted by atomic mass is 32.2. The smallest absolute Gasteiger partial charge is 0.240 e. The Labute approximate surface area is 191 Å². The van der Waals surface area contributed by atoms with Crippen LogP contribution in [-0.2, 0) is 11.2 Å². The predicted molar refractivity (Wildman–Crippen MR) is 125 cm³/mol. The van der Waals surface area contributed by atoms with Crippen molar-refractivity contribution >= 4 is 23.4 Å². The number of amides is 1. The van der Waals surface area contributed by atoms with Crippen LogP contribution in [0.15, 0.2) is 53.7 Å². The summed E-state index contributed by atoms with van der Waals surface area (Å²) in [5.74, 6) is 2.29. The number of fused-ring (bicyclic) bond motifs is 1. The fraction of sp³-hybridized carbons (Fsp3) is 0.348. The van der Waals surface area contributed by atoms with Crippen LogP contribution in [0.4, 0.5) is 5.69 Å². The van der Waals surface area contributed by atoms with Crippen LogP contribution in [-0.4, -0.2) is 39.7 Å². The Hall–Kier alpha value is -3.20. The average Bonchev–Trinajstić information content (AvgIpc) is 3.21. The molecule has 0 aliphatic carbocycles. The number of thioether (sulfide) groups is 1.